The lowest BCUT2D eigenvalue weighted by Crippen LogP contribution is -2.13. The molecule has 0 fully saturated rings. The normalized spacial score (nSPS) is 10.5. The fourth-order valence-electron chi connectivity index (χ4n) is 1.79. The van der Waals surface area contributed by atoms with Crippen LogP contribution >= 0.6 is 23.6 Å². The van der Waals surface area contributed by atoms with Crippen molar-refractivity contribution in [2.45, 2.75) is 20.4 Å². The molecule has 2 rings (SSSR count). The lowest BCUT2D eigenvalue weighted by molar-refractivity contribution is 0.627. The summed E-state index contributed by atoms with van der Waals surface area (Å²) in [6.45, 7) is 4.87. The summed E-state index contributed by atoms with van der Waals surface area (Å²) in [6, 6.07) is 6.57. The molecule has 0 unspecified atom stereocenters. The first-order valence-electron chi connectivity index (χ1n) is 5.86. The van der Waals surface area contributed by atoms with Crippen LogP contribution in [0.5, 0.6) is 0 Å². The van der Waals surface area contributed by atoms with Crippen LogP contribution in [0.15, 0.2) is 24.3 Å². The highest BCUT2D eigenvalue weighted by Crippen LogP contribution is 2.23. The van der Waals surface area contributed by atoms with E-state index in [9.17, 15) is 4.39 Å². The van der Waals surface area contributed by atoms with Gasteiger partial charge in [0.15, 0.2) is 0 Å². The van der Waals surface area contributed by atoms with Crippen LogP contribution in [0.2, 0.25) is 0 Å². The summed E-state index contributed by atoms with van der Waals surface area (Å²) in [4.78, 5) is 2.74. The van der Waals surface area contributed by atoms with Crippen molar-refractivity contribution < 1.29 is 4.39 Å². The summed E-state index contributed by atoms with van der Waals surface area (Å²) < 4.78 is 13.2. The Kier molecular flexibility index (Phi) is 4.17. The maximum absolute atomic E-state index is 13.2. The summed E-state index contributed by atoms with van der Waals surface area (Å²) >= 11 is 6.69. The van der Waals surface area contributed by atoms with Gasteiger partial charge in [0, 0.05) is 27.5 Å². The van der Waals surface area contributed by atoms with Crippen molar-refractivity contribution in [3.8, 4) is 0 Å². The van der Waals surface area contributed by atoms with Gasteiger partial charge in [-0.05, 0) is 43.7 Å². The number of thiophene rings is 1. The second-order valence-corrected chi connectivity index (χ2v) is 6.14. The Morgan fingerprint density at radius 1 is 1.37 bits per heavy atom. The summed E-state index contributed by atoms with van der Waals surface area (Å²) in [5.41, 5.74) is 8.20. The van der Waals surface area contributed by atoms with E-state index in [1.807, 2.05) is 0 Å². The molecule has 0 bridgehead atoms. The third-order valence-electron chi connectivity index (χ3n) is 2.92. The Labute approximate surface area is 121 Å². The van der Waals surface area contributed by atoms with Crippen LogP contribution < -0.4 is 11.1 Å². The predicted octanol–water partition coefficient (Wildman–Crippen LogP) is 3.75. The molecule has 100 valence electrons. The minimum Gasteiger partial charge on any atom is -0.389 e. The minimum absolute atomic E-state index is 0.195. The maximum Gasteiger partial charge on any atom is 0.124 e. The van der Waals surface area contributed by atoms with Crippen LogP contribution in [0.4, 0.5) is 10.1 Å². The first-order valence-corrected chi connectivity index (χ1v) is 7.09. The molecule has 1 aromatic carbocycles. The summed E-state index contributed by atoms with van der Waals surface area (Å²) in [5.74, 6) is -0.337. The molecular formula is C14H15FN2S2. The molecule has 2 aromatic rings. The van der Waals surface area contributed by atoms with E-state index in [-0.39, 0.29) is 10.8 Å². The standard InChI is InChI=1S/C14H15FN2S2/c1-8-5-11(19-9(8)2)7-17-13-4-3-10(15)6-12(13)14(16)18/h3-6,17H,7H2,1-2H3,(H2,16,18). The molecule has 0 aliphatic rings. The number of hydrogen-bond acceptors (Lipinski definition) is 3. The van der Waals surface area contributed by atoms with Gasteiger partial charge in [-0.15, -0.1) is 11.3 Å². The number of benzene rings is 1. The Balaban J connectivity index is 2.17. The number of hydrogen-bond donors (Lipinski definition) is 2. The van der Waals surface area contributed by atoms with Gasteiger partial charge in [-0.2, -0.15) is 0 Å². The van der Waals surface area contributed by atoms with E-state index in [1.165, 1.54) is 27.5 Å². The third kappa shape index (κ3) is 3.30. The zero-order chi connectivity index (χ0) is 14.0. The van der Waals surface area contributed by atoms with Gasteiger partial charge >= 0.3 is 0 Å². The van der Waals surface area contributed by atoms with E-state index < -0.39 is 0 Å². The van der Waals surface area contributed by atoms with Crippen molar-refractivity contribution in [1.29, 1.82) is 0 Å². The molecule has 0 radical (unpaired) electrons. The van der Waals surface area contributed by atoms with Crippen molar-refractivity contribution in [3.05, 3.63) is 51.0 Å². The molecule has 0 saturated carbocycles. The molecular weight excluding hydrogens is 279 g/mol. The van der Waals surface area contributed by atoms with Gasteiger partial charge in [0.1, 0.15) is 10.8 Å². The SMILES string of the molecule is Cc1cc(CNc2ccc(F)cc2C(N)=S)sc1C. The summed E-state index contributed by atoms with van der Waals surface area (Å²) in [7, 11) is 0. The van der Waals surface area contributed by atoms with Gasteiger partial charge < -0.3 is 11.1 Å². The Bertz CT molecular complexity index is 600. The fourth-order valence-corrected chi connectivity index (χ4v) is 2.96. The van der Waals surface area contributed by atoms with Gasteiger partial charge in [0.2, 0.25) is 0 Å². The molecule has 1 aromatic heterocycles. The van der Waals surface area contributed by atoms with E-state index in [2.05, 4.69) is 25.2 Å². The largest absolute Gasteiger partial charge is 0.389 e. The van der Waals surface area contributed by atoms with Gasteiger partial charge in [-0.3, -0.25) is 0 Å². The van der Waals surface area contributed by atoms with Crippen molar-refractivity contribution in [2.24, 2.45) is 5.73 Å². The van der Waals surface area contributed by atoms with Crippen molar-refractivity contribution >= 4 is 34.2 Å². The highest BCUT2D eigenvalue weighted by molar-refractivity contribution is 7.80. The van der Waals surface area contributed by atoms with Crippen LogP contribution in [0, 0.1) is 19.7 Å². The molecule has 0 aliphatic carbocycles. The van der Waals surface area contributed by atoms with Gasteiger partial charge in [0.25, 0.3) is 0 Å². The van der Waals surface area contributed by atoms with E-state index in [0.29, 0.717) is 12.1 Å². The average molecular weight is 294 g/mol. The molecule has 0 atom stereocenters. The molecule has 0 amide bonds. The lowest BCUT2D eigenvalue weighted by Gasteiger charge is -2.10. The van der Waals surface area contributed by atoms with Crippen molar-refractivity contribution in [3.63, 3.8) is 0 Å². The number of rotatable bonds is 4. The molecule has 2 nitrogen and oxygen atoms in total. The zero-order valence-corrected chi connectivity index (χ0v) is 12.4. The van der Waals surface area contributed by atoms with E-state index in [1.54, 1.807) is 17.4 Å². The minimum atomic E-state index is -0.337. The Hall–Kier alpha value is -1.46. The highest BCUT2D eigenvalue weighted by Gasteiger charge is 2.08. The van der Waals surface area contributed by atoms with E-state index in [4.69, 9.17) is 18.0 Å². The predicted molar refractivity (Wildman–Crippen MR) is 83.4 cm³/mol. The van der Waals surface area contributed by atoms with Crippen LogP contribution in [0.1, 0.15) is 20.9 Å². The molecule has 0 aliphatic heterocycles. The molecule has 5 heteroatoms. The van der Waals surface area contributed by atoms with Crippen LogP contribution in [-0.2, 0) is 6.54 Å². The van der Waals surface area contributed by atoms with Crippen LogP contribution in [-0.4, -0.2) is 4.99 Å². The van der Waals surface area contributed by atoms with Gasteiger partial charge in [-0.25, -0.2) is 4.39 Å². The number of thiocarbonyl (C=S) groups is 1. The topological polar surface area (TPSA) is 38.0 Å². The third-order valence-corrected chi connectivity index (χ3v) is 4.29. The number of nitrogens with two attached hydrogens (primary N) is 1. The van der Waals surface area contributed by atoms with Gasteiger partial charge in [-0.1, -0.05) is 12.2 Å². The smallest absolute Gasteiger partial charge is 0.124 e. The van der Waals surface area contributed by atoms with E-state index in [0.717, 1.165) is 5.69 Å². The van der Waals surface area contributed by atoms with Crippen LogP contribution in [0.25, 0.3) is 0 Å². The van der Waals surface area contributed by atoms with Crippen LogP contribution in [0.3, 0.4) is 0 Å². The zero-order valence-electron chi connectivity index (χ0n) is 10.8. The summed E-state index contributed by atoms with van der Waals surface area (Å²) in [5, 5.41) is 3.25. The molecule has 0 saturated heterocycles. The first kappa shape index (κ1) is 14.0. The fraction of sp³-hybridized carbons (Fsp3) is 0.214. The summed E-state index contributed by atoms with van der Waals surface area (Å²) in [6.07, 6.45) is 0. The number of aryl methyl sites for hydroxylation is 2. The number of anilines is 1. The molecule has 3 N–H and O–H groups in total. The quantitative estimate of drug-likeness (QED) is 0.843. The second-order valence-electron chi connectivity index (χ2n) is 4.36. The highest BCUT2D eigenvalue weighted by atomic mass is 32.1. The van der Waals surface area contributed by atoms with Crippen molar-refractivity contribution in [2.75, 3.05) is 5.32 Å². The lowest BCUT2D eigenvalue weighted by atomic mass is 10.1. The van der Waals surface area contributed by atoms with E-state index >= 15 is 0 Å². The van der Waals surface area contributed by atoms with Crippen molar-refractivity contribution in [1.82, 2.24) is 0 Å². The first-order chi connectivity index (χ1) is 8.97. The molecule has 1 heterocycles. The monoisotopic (exact) mass is 294 g/mol. The Morgan fingerprint density at radius 3 is 2.68 bits per heavy atom. The van der Waals surface area contributed by atoms with Gasteiger partial charge in [0.05, 0.1) is 0 Å². The second kappa shape index (κ2) is 5.67. The maximum atomic E-state index is 13.2. The molecule has 0 spiro atoms. The Morgan fingerprint density at radius 2 is 2.11 bits per heavy atom. The average Bonchev–Trinajstić information content (AvgIpc) is 2.67. The molecule has 19 heavy (non-hydrogen) atoms. The number of halogens is 1. The number of nitrogens with one attached hydrogen (secondary N) is 1.